The number of aromatic amines is 2. The van der Waals surface area contributed by atoms with Gasteiger partial charge in [-0.05, 0) is 98.2 Å². The van der Waals surface area contributed by atoms with Gasteiger partial charge in [0.05, 0.1) is 55.8 Å². The van der Waals surface area contributed by atoms with Gasteiger partial charge in [-0.25, -0.2) is 19.6 Å². The van der Waals surface area contributed by atoms with Gasteiger partial charge < -0.3 is 54.1 Å². The highest BCUT2D eigenvalue weighted by atomic mass is 16.5. The number of likely N-dealkylation sites (tertiary alicyclic amines) is 2. The van der Waals surface area contributed by atoms with Gasteiger partial charge in [-0.1, -0.05) is 38.6 Å². The minimum absolute atomic E-state index is 0.0460. The molecule has 0 aliphatic carbocycles. The third-order valence-electron chi connectivity index (χ3n) is 13.7. The normalized spacial score (nSPS) is 22.6. The molecule has 4 amide bonds. The van der Waals surface area contributed by atoms with Gasteiger partial charge in [0.15, 0.2) is 0 Å². The maximum atomic E-state index is 14.4. The zero-order valence-electron chi connectivity index (χ0n) is 38.9. The van der Waals surface area contributed by atoms with Gasteiger partial charge >= 0.3 is 12.2 Å². The monoisotopic (exact) mass is 906 g/mol. The molecular formula is C49H62N8O9. The summed E-state index contributed by atoms with van der Waals surface area (Å²) in [4.78, 5) is 73.7. The maximum Gasteiger partial charge on any atom is 0.407 e. The molecule has 352 valence electrons. The van der Waals surface area contributed by atoms with Gasteiger partial charge in [0.2, 0.25) is 11.8 Å². The van der Waals surface area contributed by atoms with E-state index in [4.69, 9.17) is 33.7 Å². The van der Waals surface area contributed by atoms with Crippen LogP contribution in [0.4, 0.5) is 9.59 Å². The number of H-pyrrole nitrogens is 2. The average Bonchev–Trinajstić information content (AvgIpc) is 4.15. The Balaban J connectivity index is 1.02. The van der Waals surface area contributed by atoms with E-state index >= 15 is 0 Å². The number of benzene rings is 2. The lowest BCUT2D eigenvalue weighted by atomic mass is 9.90. The molecular weight excluding hydrogens is 845 g/mol. The molecule has 17 nitrogen and oxygen atoms in total. The van der Waals surface area contributed by atoms with Crippen LogP contribution in [-0.4, -0.2) is 120 Å². The molecule has 2 aromatic carbocycles. The Hall–Kier alpha value is -6.20. The number of fused-ring (bicyclic) bond motifs is 2. The molecule has 3 fully saturated rings. The first-order chi connectivity index (χ1) is 31.8. The van der Waals surface area contributed by atoms with Crippen LogP contribution in [0.5, 0.6) is 0 Å². The summed E-state index contributed by atoms with van der Waals surface area (Å²) in [5, 5.41) is 5.57. The van der Waals surface area contributed by atoms with E-state index in [1.807, 2.05) is 67.8 Å². The van der Waals surface area contributed by atoms with Crippen molar-refractivity contribution < 1.29 is 42.9 Å². The van der Waals surface area contributed by atoms with Gasteiger partial charge in [-0.2, -0.15) is 0 Å². The molecule has 3 saturated heterocycles. The highest BCUT2D eigenvalue weighted by Crippen LogP contribution is 2.41. The van der Waals surface area contributed by atoms with Gasteiger partial charge in [-0.15, -0.1) is 0 Å². The topological polar surface area (TPSA) is 202 Å². The van der Waals surface area contributed by atoms with Crippen LogP contribution >= 0.6 is 0 Å². The fraction of sp³-hybridized carbons (Fsp3) is 0.510. The summed E-state index contributed by atoms with van der Waals surface area (Å²) in [6.07, 6.45) is 5.99. The van der Waals surface area contributed by atoms with Crippen molar-refractivity contribution >= 4 is 46.7 Å². The number of nitrogens with one attached hydrogen (secondary N) is 4. The van der Waals surface area contributed by atoms with Crippen LogP contribution in [0.2, 0.25) is 0 Å². The molecule has 17 heteroatoms. The molecule has 1 unspecified atom stereocenters. The number of aromatic nitrogens is 4. The minimum atomic E-state index is -0.758. The highest BCUT2D eigenvalue weighted by Gasteiger charge is 2.44. The Morgan fingerprint density at radius 1 is 0.955 bits per heavy atom. The number of amides is 4. The van der Waals surface area contributed by atoms with Crippen molar-refractivity contribution in [2.24, 2.45) is 17.8 Å². The van der Waals surface area contributed by atoms with E-state index in [0.29, 0.717) is 69.6 Å². The Labute approximate surface area is 385 Å². The van der Waals surface area contributed by atoms with Crippen molar-refractivity contribution in [2.45, 2.75) is 96.6 Å². The molecule has 8 rings (SSSR count). The summed E-state index contributed by atoms with van der Waals surface area (Å²) in [5.41, 5.74) is 7.87. The first-order valence-corrected chi connectivity index (χ1v) is 22.9. The Morgan fingerprint density at radius 2 is 1.71 bits per heavy atom. The first kappa shape index (κ1) is 46.3. The number of allylic oxidation sites excluding steroid dienone is 1. The zero-order chi connectivity index (χ0) is 46.8. The van der Waals surface area contributed by atoms with Crippen LogP contribution < -0.4 is 10.6 Å². The molecule has 2 aromatic heterocycles. The molecule has 4 N–H and O–H groups in total. The lowest BCUT2D eigenvalue weighted by Gasteiger charge is -2.34. The van der Waals surface area contributed by atoms with Crippen LogP contribution in [0.3, 0.4) is 0 Å². The standard InChI is InChI=1S/C49H62N8O9/c1-26(2)41(54-48(60)63-7)47(59)57-28(4)10-14-38(57)45-51-36-13-9-27(3)35(43(36)53-45)21-40-29(5)34-12-11-32(20-33(34)25-66-40)37-22-50-44(52-37)39-19-30(24-62-6)23-56(39)46(58)42(55-49(61)64-8)31-15-17-65-18-16-31/h9,11-13,20-22,26,28,30-31,38-39,41-42H,5,10,14-19,23-25H2,1-4,6-8H3,(H,50,52)(H,51,53)(H,54,60)(H,55,61)/b40-21+/t28-,30-,38-,39-,41?,42-/m0/s1. The molecule has 0 bridgehead atoms. The number of carbonyl (C=O) groups excluding carboxylic acids is 4. The lowest BCUT2D eigenvalue weighted by molar-refractivity contribution is -0.138. The average molecular weight is 907 g/mol. The molecule has 4 aliphatic rings. The fourth-order valence-corrected chi connectivity index (χ4v) is 10.1. The summed E-state index contributed by atoms with van der Waals surface area (Å²) in [6.45, 7) is 14.7. The van der Waals surface area contributed by atoms with Crippen molar-refractivity contribution in [1.29, 1.82) is 0 Å². The quantitative estimate of drug-likeness (QED) is 0.114. The third-order valence-corrected chi connectivity index (χ3v) is 13.7. The lowest BCUT2D eigenvalue weighted by Crippen LogP contribution is -2.53. The van der Waals surface area contributed by atoms with E-state index in [1.54, 1.807) is 13.3 Å². The summed E-state index contributed by atoms with van der Waals surface area (Å²) < 4.78 is 27.3. The van der Waals surface area contributed by atoms with Gasteiger partial charge in [-0.3, -0.25) is 9.59 Å². The summed E-state index contributed by atoms with van der Waals surface area (Å²) >= 11 is 0. The zero-order valence-corrected chi connectivity index (χ0v) is 38.9. The third kappa shape index (κ3) is 9.27. The van der Waals surface area contributed by atoms with Crippen molar-refractivity contribution in [3.05, 3.63) is 82.8 Å². The highest BCUT2D eigenvalue weighted by molar-refractivity contribution is 5.92. The van der Waals surface area contributed by atoms with E-state index in [0.717, 1.165) is 63.0 Å². The number of rotatable bonds is 12. The number of imidazole rings is 2. The number of ether oxygens (including phenoxy) is 5. The predicted molar refractivity (Wildman–Crippen MR) is 246 cm³/mol. The molecule has 0 saturated carbocycles. The van der Waals surface area contributed by atoms with Crippen molar-refractivity contribution in [3.63, 3.8) is 0 Å². The second kappa shape index (κ2) is 19.7. The maximum absolute atomic E-state index is 14.4. The van der Waals surface area contributed by atoms with Crippen molar-refractivity contribution in [1.82, 2.24) is 40.4 Å². The number of alkyl carbamates (subject to hydrolysis) is 2. The second-order valence-electron chi connectivity index (χ2n) is 18.3. The molecule has 0 radical (unpaired) electrons. The molecule has 4 aliphatic heterocycles. The van der Waals surface area contributed by atoms with E-state index in [1.165, 1.54) is 14.2 Å². The molecule has 66 heavy (non-hydrogen) atoms. The Kier molecular flexibility index (Phi) is 13.8. The minimum Gasteiger partial charge on any atom is -0.488 e. The van der Waals surface area contributed by atoms with E-state index in [2.05, 4.69) is 33.2 Å². The van der Waals surface area contributed by atoms with Crippen LogP contribution in [-0.2, 0) is 39.9 Å². The molecule has 6 atom stereocenters. The smallest absolute Gasteiger partial charge is 0.407 e. The van der Waals surface area contributed by atoms with Gasteiger partial charge in [0.25, 0.3) is 0 Å². The fourth-order valence-electron chi connectivity index (χ4n) is 10.1. The van der Waals surface area contributed by atoms with E-state index in [-0.39, 0.29) is 47.7 Å². The summed E-state index contributed by atoms with van der Waals surface area (Å²) in [5.74, 6) is 1.50. The van der Waals surface area contributed by atoms with Crippen molar-refractivity contribution in [3.8, 4) is 11.3 Å². The number of hydrogen-bond donors (Lipinski definition) is 4. The summed E-state index contributed by atoms with van der Waals surface area (Å²) in [6, 6.07) is 8.00. The molecule has 4 aromatic rings. The SMILES string of the molecule is C=C1/C(=C\c2c(C)ccc3[nH]c([C@@H]4CC[C@H](C)N4C(=O)C(NC(=O)OC)C(C)C)nc23)OCc2cc(-c3cnc([C@@H]4C[C@H](COC)CN4C(=O)[C@@H](NC(=O)OC)C4CCOCC4)[nH]3)ccc21. The largest absolute Gasteiger partial charge is 0.488 e. The molecule has 0 spiro atoms. The van der Waals surface area contributed by atoms with E-state index < -0.39 is 24.3 Å². The number of carbonyl (C=O) groups is 4. The van der Waals surface area contributed by atoms with Gasteiger partial charge in [0.1, 0.15) is 36.1 Å². The van der Waals surface area contributed by atoms with Crippen LogP contribution in [0.25, 0.3) is 33.9 Å². The Bertz CT molecular complexity index is 2510. The van der Waals surface area contributed by atoms with E-state index in [9.17, 15) is 19.2 Å². The number of aryl methyl sites for hydroxylation is 1. The summed E-state index contributed by atoms with van der Waals surface area (Å²) in [7, 11) is 4.25. The van der Waals surface area contributed by atoms with Crippen LogP contribution in [0, 0.1) is 24.7 Å². The van der Waals surface area contributed by atoms with Crippen molar-refractivity contribution in [2.75, 3.05) is 47.7 Å². The van der Waals surface area contributed by atoms with Gasteiger partial charge in [0, 0.05) is 50.0 Å². The van der Waals surface area contributed by atoms with Crippen LogP contribution in [0.15, 0.2) is 48.9 Å². The number of methoxy groups -OCH3 is 3. The Morgan fingerprint density at radius 3 is 2.44 bits per heavy atom. The number of nitrogens with zero attached hydrogens (tertiary/aromatic N) is 4. The predicted octanol–water partition coefficient (Wildman–Crippen LogP) is 6.97. The molecule has 6 heterocycles. The second-order valence-corrected chi connectivity index (χ2v) is 18.3. The van der Waals surface area contributed by atoms with Crippen LogP contribution in [0.1, 0.15) is 98.9 Å². The first-order valence-electron chi connectivity index (χ1n) is 22.9. The number of hydrogen-bond acceptors (Lipinski definition) is 11.